The van der Waals surface area contributed by atoms with Gasteiger partial charge in [0.1, 0.15) is 24.2 Å². The number of carbonyl (C=O) groups excluding carboxylic acids is 1. The van der Waals surface area contributed by atoms with Gasteiger partial charge >= 0.3 is 5.97 Å². The summed E-state index contributed by atoms with van der Waals surface area (Å²) in [7, 11) is 1.36. The van der Waals surface area contributed by atoms with Crippen molar-refractivity contribution in [3.63, 3.8) is 0 Å². The number of rotatable bonds is 11. The number of para-hydroxylation sites is 1. The predicted octanol–water partition coefficient (Wildman–Crippen LogP) is 4.41. The summed E-state index contributed by atoms with van der Waals surface area (Å²) in [5, 5.41) is 22.7. The molecule has 0 amide bonds. The van der Waals surface area contributed by atoms with E-state index in [0.717, 1.165) is 12.0 Å². The number of esters is 1. The van der Waals surface area contributed by atoms with Crippen molar-refractivity contribution in [2.24, 2.45) is 5.92 Å². The van der Waals surface area contributed by atoms with Gasteiger partial charge in [-0.05, 0) is 55.7 Å². The highest BCUT2D eigenvalue weighted by Gasteiger charge is 2.42. The van der Waals surface area contributed by atoms with Crippen molar-refractivity contribution in [3.8, 4) is 5.75 Å². The Morgan fingerprint density at radius 1 is 1.11 bits per heavy atom. The molecule has 0 heterocycles. The van der Waals surface area contributed by atoms with Gasteiger partial charge in [0, 0.05) is 18.5 Å². The first kappa shape index (κ1) is 28.6. The molecule has 3 rings (SSSR count). The Morgan fingerprint density at radius 3 is 2.43 bits per heavy atom. The summed E-state index contributed by atoms with van der Waals surface area (Å²) in [6.07, 6.45) is 8.20. The monoisotopic (exact) mass is 501 g/mol. The highest BCUT2D eigenvalue weighted by atomic mass is 35.5. The van der Waals surface area contributed by atoms with Gasteiger partial charge in [-0.25, -0.2) is 4.79 Å². The Balaban J connectivity index is 0.00000432. The van der Waals surface area contributed by atoms with Gasteiger partial charge < -0.3 is 19.7 Å². The lowest BCUT2D eigenvalue weighted by molar-refractivity contribution is -0.132. The van der Waals surface area contributed by atoms with Crippen molar-refractivity contribution >= 4 is 18.4 Å². The number of benzene rings is 2. The van der Waals surface area contributed by atoms with Crippen LogP contribution in [0.3, 0.4) is 0 Å². The zero-order chi connectivity index (χ0) is 24.6. The van der Waals surface area contributed by atoms with E-state index in [4.69, 9.17) is 9.47 Å². The van der Waals surface area contributed by atoms with Gasteiger partial charge in [0.2, 0.25) is 0 Å². The molecule has 6 nitrogen and oxygen atoms in total. The first-order valence-corrected chi connectivity index (χ1v) is 11.8. The molecule has 2 aromatic carbocycles. The topological polar surface area (TPSA) is 79.2 Å². The van der Waals surface area contributed by atoms with E-state index in [1.807, 2.05) is 85.5 Å². The van der Waals surface area contributed by atoms with Gasteiger partial charge in [-0.2, -0.15) is 0 Å². The van der Waals surface area contributed by atoms with Crippen LogP contribution < -0.4 is 4.74 Å². The average molecular weight is 502 g/mol. The third kappa shape index (κ3) is 7.42. The molecule has 0 bridgehead atoms. The Morgan fingerprint density at radius 2 is 1.80 bits per heavy atom. The molecular formula is C28H36ClNO5. The lowest BCUT2D eigenvalue weighted by Crippen LogP contribution is -2.59. The normalized spacial score (nSPS) is 20.7. The fraction of sp³-hybridized carbons (Fsp3) is 0.393. The maximum Gasteiger partial charge on any atom is 0.337 e. The van der Waals surface area contributed by atoms with Crippen molar-refractivity contribution < 1.29 is 24.5 Å². The van der Waals surface area contributed by atoms with Crippen molar-refractivity contribution in [3.05, 3.63) is 90.0 Å². The molecule has 0 saturated heterocycles. The number of hydrogen-bond acceptors (Lipinski definition) is 6. The van der Waals surface area contributed by atoms with Crippen molar-refractivity contribution in [2.75, 3.05) is 20.3 Å². The molecule has 0 fully saturated rings. The highest BCUT2D eigenvalue weighted by molar-refractivity contribution is 5.89. The maximum atomic E-state index is 11.8. The van der Waals surface area contributed by atoms with Crippen LogP contribution in [0.1, 0.15) is 36.2 Å². The van der Waals surface area contributed by atoms with Crippen molar-refractivity contribution in [1.82, 2.24) is 4.90 Å². The predicted molar refractivity (Wildman–Crippen MR) is 140 cm³/mol. The third-order valence-corrected chi connectivity index (χ3v) is 6.27. The number of methoxy groups -OCH3 is 1. The molecule has 190 valence electrons. The molecule has 1 unspecified atom stereocenters. The van der Waals surface area contributed by atoms with Gasteiger partial charge in [0.25, 0.3) is 0 Å². The zero-order valence-electron chi connectivity index (χ0n) is 20.5. The molecular weight excluding hydrogens is 466 g/mol. The molecule has 0 saturated carbocycles. The molecule has 0 aliphatic heterocycles. The van der Waals surface area contributed by atoms with Gasteiger partial charge in [0.05, 0.1) is 12.7 Å². The summed E-state index contributed by atoms with van der Waals surface area (Å²) in [4.78, 5) is 13.7. The van der Waals surface area contributed by atoms with Gasteiger partial charge in [-0.1, -0.05) is 55.5 Å². The molecule has 2 aromatic rings. The summed E-state index contributed by atoms with van der Waals surface area (Å²) in [5.74, 6) is 0.211. The largest absolute Gasteiger partial charge is 0.491 e. The number of halogens is 1. The number of carbonyl (C=O) groups is 1. The molecule has 2 N–H and O–H groups in total. The summed E-state index contributed by atoms with van der Waals surface area (Å²) < 4.78 is 10.5. The van der Waals surface area contributed by atoms with E-state index in [1.165, 1.54) is 7.11 Å². The molecule has 35 heavy (non-hydrogen) atoms. The summed E-state index contributed by atoms with van der Waals surface area (Å²) in [6.45, 7) is 4.44. The van der Waals surface area contributed by atoms with E-state index in [-0.39, 0.29) is 43.5 Å². The van der Waals surface area contributed by atoms with Crippen LogP contribution in [0, 0.1) is 5.92 Å². The second-order valence-corrected chi connectivity index (χ2v) is 8.71. The van der Waals surface area contributed by atoms with Crippen LogP contribution in [0.15, 0.2) is 78.9 Å². The lowest BCUT2D eigenvalue weighted by atomic mass is 9.85. The quantitative estimate of drug-likeness (QED) is 0.351. The molecule has 1 aliphatic carbocycles. The van der Waals surface area contributed by atoms with E-state index < -0.39 is 11.8 Å². The molecule has 0 spiro atoms. The van der Waals surface area contributed by atoms with E-state index in [9.17, 15) is 15.0 Å². The Bertz CT molecular complexity index is 979. The van der Waals surface area contributed by atoms with E-state index in [2.05, 4.69) is 0 Å². The standard InChI is InChI=1S/C28H35NO5.ClH/c1-4-24-10-8-9-17-28(24,32)29(19-25(30)20-34-26-11-6-5-7-12-26)21(2)18-22-13-15-23(16-14-22)27(31)33-3;/h5-17,21,24-25,30,32H,4,18-20H2,1-3H3;1H/t21-,24-,25-,28?;/m1./s1. The van der Waals surface area contributed by atoms with Crippen molar-refractivity contribution in [1.29, 1.82) is 0 Å². The maximum absolute atomic E-state index is 11.8. The molecule has 4 atom stereocenters. The number of allylic oxidation sites excluding steroid dienone is 2. The van der Waals surface area contributed by atoms with E-state index in [1.54, 1.807) is 12.1 Å². The Kier molecular flexibility index (Phi) is 11.0. The van der Waals surface area contributed by atoms with Gasteiger partial charge in [0.15, 0.2) is 0 Å². The minimum absolute atomic E-state index is 0. The summed E-state index contributed by atoms with van der Waals surface area (Å²) >= 11 is 0. The average Bonchev–Trinajstić information content (AvgIpc) is 2.86. The van der Waals surface area contributed by atoms with Gasteiger partial charge in [-0.3, -0.25) is 4.90 Å². The first-order chi connectivity index (χ1) is 16.4. The lowest BCUT2D eigenvalue weighted by Gasteiger charge is -2.47. The van der Waals surface area contributed by atoms with Crippen LogP contribution in [-0.4, -0.2) is 59.2 Å². The fourth-order valence-electron chi connectivity index (χ4n) is 4.42. The highest BCUT2D eigenvalue weighted by Crippen LogP contribution is 2.33. The Labute approximate surface area is 214 Å². The van der Waals surface area contributed by atoms with Crippen LogP contribution in [0.25, 0.3) is 0 Å². The smallest absolute Gasteiger partial charge is 0.337 e. The minimum atomic E-state index is -1.23. The zero-order valence-corrected chi connectivity index (χ0v) is 21.4. The number of hydrogen-bond donors (Lipinski definition) is 2. The molecule has 0 radical (unpaired) electrons. The second-order valence-electron chi connectivity index (χ2n) is 8.71. The number of nitrogens with zero attached hydrogens (tertiary/aromatic N) is 1. The second kappa shape index (κ2) is 13.4. The third-order valence-electron chi connectivity index (χ3n) is 6.27. The van der Waals surface area contributed by atoms with E-state index >= 15 is 0 Å². The number of ether oxygens (including phenoxy) is 2. The first-order valence-electron chi connectivity index (χ1n) is 11.8. The molecule has 1 aliphatic rings. The minimum Gasteiger partial charge on any atom is -0.491 e. The van der Waals surface area contributed by atoms with E-state index in [0.29, 0.717) is 17.7 Å². The van der Waals surface area contributed by atoms with Crippen LogP contribution in [0.5, 0.6) is 5.75 Å². The van der Waals surface area contributed by atoms with Crippen LogP contribution in [0.2, 0.25) is 0 Å². The number of aliphatic hydroxyl groups is 2. The number of aliphatic hydroxyl groups excluding tert-OH is 1. The molecule has 7 heteroatoms. The fourth-order valence-corrected chi connectivity index (χ4v) is 4.42. The van der Waals surface area contributed by atoms with Crippen molar-refractivity contribution in [2.45, 2.75) is 44.6 Å². The summed E-state index contributed by atoms with van der Waals surface area (Å²) in [5.41, 5.74) is 0.282. The SMILES string of the molecule is CC[C@@H]1C=CC=CC1(O)N(C[C@@H](O)COc1ccccc1)[C@H](C)Cc1ccc(C(=O)OC)cc1.Cl. The summed E-state index contributed by atoms with van der Waals surface area (Å²) in [6, 6.07) is 16.5. The van der Waals surface area contributed by atoms with Crippen LogP contribution >= 0.6 is 12.4 Å². The van der Waals surface area contributed by atoms with Crippen LogP contribution in [-0.2, 0) is 11.2 Å². The Hall–Kier alpha value is -2.64. The van der Waals surface area contributed by atoms with Crippen LogP contribution in [0.4, 0.5) is 0 Å². The molecule has 0 aromatic heterocycles. The van der Waals surface area contributed by atoms with Gasteiger partial charge in [-0.15, -0.1) is 12.4 Å².